The zero-order valence-electron chi connectivity index (χ0n) is 5.78. The molecule has 0 bridgehead atoms. The van der Waals surface area contributed by atoms with E-state index in [1.165, 1.54) is 7.05 Å². The molecule has 0 N–H and O–H groups in total. The Bertz CT molecular complexity index is 306. The standard InChI is InChI=1S/C5H3BrF3IN2/c1-12-3(5(7,8)9)2(6)4(10)11-12/h1H3. The lowest BCUT2D eigenvalue weighted by atomic mass is 10.4. The number of halogens is 5. The van der Waals surface area contributed by atoms with Crippen molar-refractivity contribution in [3.63, 3.8) is 0 Å². The maximum absolute atomic E-state index is 12.2. The van der Waals surface area contributed by atoms with Gasteiger partial charge in [-0.15, -0.1) is 0 Å². The van der Waals surface area contributed by atoms with Gasteiger partial charge in [-0.3, -0.25) is 4.68 Å². The van der Waals surface area contributed by atoms with Gasteiger partial charge in [-0.25, -0.2) is 0 Å². The molecule has 1 aromatic rings. The normalized spacial score (nSPS) is 12.2. The van der Waals surface area contributed by atoms with Crippen LogP contribution in [0.5, 0.6) is 0 Å². The first-order valence-electron chi connectivity index (χ1n) is 2.79. The van der Waals surface area contributed by atoms with Crippen LogP contribution in [0.25, 0.3) is 0 Å². The second-order valence-corrected chi connectivity index (χ2v) is 3.89. The van der Waals surface area contributed by atoms with Crippen LogP contribution in [0.3, 0.4) is 0 Å². The van der Waals surface area contributed by atoms with Gasteiger partial charge in [0.05, 0.1) is 4.47 Å². The van der Waals surface area contributed by atoms with Gasteiger partial charge in [-0.05, 0) is 38.5 Å². The number of alkyl halides is 3. The summed E-state index contributed by atoms with van der Waals surface area (Å²) in [6, 6.07) is 0. The van der Waals surface area contributed by atoms with Gasteiger partial charge in [0.1, 0.15) is 3.70 Å². The van der Waals surface area contributed by atoms with Crippen molar-refractivity contribution in [2.45, 2.75) is 6.18 Å². The Labute approximate surface area is 88.4 Å². The van der Waals surface area contributed by atoms with E-state index in [0.717, 1.165) is 4.68 Å². The van der Waals surface area contributed by atoms with E-state index < -0.39 is 11.9 Å². The quantitative estimate of drug-likeness (QED) is 0.655. The molecule has 0 fully saturated rings. The second kappa shape index (κ2) is 3.17. The molecule has 12 heavy (non-hydrogen) atoms. The summed E-state index contributed by atoms with van der Waals surface area (Å²) < 4.78 is 37.8. The third-order valence-corrected chi connectivity index (χ3v) is 3.47. The van der Waals surface area contributed by atoms with E-state index in [9.17, 15) is 13.2 Å². The molecule has 0 aliphatic heterocycles. The van der Waals surface area contributed by atoms with E-state index in [1.54, 1.807) is 22.6 Å². The summed E-state index contributed by atoms with van der Waals surface area (Å²) in [7, 11) is 1.26. The molecule has 0 spiro atoms. The maximum atomic E-state index is 12.2. The van der Waals surface area contributed by atoms with Crippen molar-refractivity contribution >= 4 is 38.5 Å². The first-order valence-corrected chi connectivity index (χ1v) is 4.66. The van der Waals surface area contributed by atoms with Gasteiger partial charge in [0, 0.05) is 7.05 Å². The lowest BCUT2D eigenvalue weighted by molar-refractivity contribution is -0.144. The first-order chi connectivity index (χ1) is 5.34. The lowest BCUT2D eigenvalue weighted by Gasteiger charge is -2.06. The van der Waals surface area contributed by atoms with Gasteiger partial charge >= 0.3 is 6.18 Å². The fourth-order valence-electron chi connectivity index (χ4n) is 0.773. The van der Waals surface area contributed by atoms with Crippen molar-refractivity contribution in [2.75, 3.05) is 0 Å². The van der Waals surface area contributed by atoms with Crippen molar-refractivity contribution in [2.24, 2.45) is 7.05 Å². The Kier molecular flexibility index (Phi) is 2.72. The molecule has 1 heterocycles. The highest BCUT2D eigenvalue weighted by atomic mass is 127. The minimum Gasteiger partial charge on any atom is -0.261 e. The smallest absolute Gasteiger partial charge is 0.261 e. The Morgan fingerprint density at radius 2 is 2.00 bits per heavy atom. The van der Waals surface area contributed by atoms with Crippen molar-refractivity contribution < 1.29 is 13.2 Å². The van der Waals surface area contributed by atoms with Crippen LogP contribution in [0.4, 0.5) is 13.2 Å². The fourth-order valence-corrected chi connectivity index (χ4v) is 1.91. The van der Waals surface area contributed by atoms with Gasteiger partial charge in [0.25, 0.3) is 0 Å². The summed E-state index contributed by atoms with van der Waals surface area (Å²) in [5.41, 5.74) is -0.757. The van der Waals surface area contributed by atoms with Gasteiger partial charge < -0.3 is 0 Å². The van der Waals surface area contributed by atoms with Crippen LogP contribution >= 0.6 is 38.5 Å². The third kappa shape index (κ3) is 1.76. The van der Waals surface area contributed by atoms with Crippen LogP contribution in [0.2, 0.25) is 0 Å². The molecule has 0 radical (unpaired) electrons. The number of hydrogen-bond acceptors (Lipinski definition) is 1. The van der Waals surface area contributed by atoms with E-state index in [2.05, 4.69) is 21.0 Å². The molecule has 0 atom stereocenters. The summed E-state index contributed by atoms with van der Waals surface area (Å²) in [6.45, 7) is 0. The molecule has 1 rings (SSSR count). The van der Waals surface area contributed by atoms with Crippen LogP contribution in [0, 0.1) is 3.70 Å². The number of nitrogens with zero attached hydrogens (tertiary/aromatic N) is 2. The molecular formula is C5H3BrF3IN2. The van der Waals surface area contributed by atoms with E-state index in [0.29, 0.717) is 3.70 Å². The first kappa shape index (κ1) is 10.3. The summed E-state index contributed by atoms with van der Waals surface area (Å²) in [4.78, 5) is 0. The molecule has 0 amide bonds. The van der Waals surface area contributed by atoms with Crippen molar-refractivity contribution in [3.05, 3.63) is 13.9 Å². The highest BCUT2D eigenvalue weighted by Crippen LogP contribution is 2.36. The van der Waals surface area contributed by atoms with Gasteiger partial charge in [0.2, 0.25) is 0 Å². The molecule has 0 aliphatic carbocycles. The fraction of sp³-hybridized carbons (Fsp3) is 0.400. The van der Waals surface area contributed by atoms with E-state index in [4.69, 9.17) is 0 Å². The van der Waals surface area contributed by atoms with Gasteiger partial charge in [0.15, 0.2) is 5.69 Å². The number of aryl methyl sites for hydroxylation is 1. The minimum absolute atomic E-state index is 0.00176. The average Bonchev–Trinajstić information content (AvgIpc) is 2.05. The van der Waals surface area contributed by atoms with E-state index in [1.807, 2.05) is 0 Å². The van der Waals surface area contributed by atoms with Crippen molar-refractivity contribution in [1.29, 1.82) is 0 Å². The molecule has 1 aromatic heterocycles. The van der Waals surface area contributed by atoms with E-state index in [-0.39, 0.29) is 4.47 Å². The third-order valence-electron chi connectivity index (χ3n) is 1.22. The molecule has 0 aliphatic rings. The molecule has 0 saturated heterocycles. The maximum Gasteiger partial charge on any atom is 0.434 e. The van der Waals surface area contributed by atoms with Crippen LogP contribution in [0.15, 0.2) is 4.47 Å². The molecule has 0 unspecified atom stereocenters. The summed E-state index contributed by atoms with van der Waals surface area (Å²) in [6.07, 6.45) is -4.36. The predicted molar refractivity (Wildman–Crippen MR) is 48.6 cm³/mol. The van der Waals surface area contributed by atoms with Crippen LogP contribution in [-0.4, -0.2) is 9.78 Å². The Balaban J connectivity index is 3.32. The molecule has 0 aromatic carbocycles. The zero-order chi connectivity index (χ0) is 9.52. The number of rotatable bonds is 0. The monoisotopic (exact) mass is 354 g/mol. The minimum atomic E-state index is -4.36. The number of aromatic nitrogens is 2. The Morgan fingerprint density at radius 3 is 2.17 bits per heavy atom. The largest absolute Gasteiger partial charge is 0.434 e. The van der Waals surface area contributed by atoms with Crippen molar-refractivity contribution in [3.8, 4) is 0 Å². The van der Waals surface area contributed by atoms with Crippen LogP contribution in [-0.2, 0) is 13.2 Å². The summed E-state index contributed by atoms with van der Waals surface area (Å²) >= 11 is 4.56. The predicted octanol–water partition coefficient (Wildman–Crippen LogP) is 2.81. The average molecular weight is 355 g/mol. The second-order valence-electron chi connectivity index (χ2n) is 2.07. The lowest BCUT2D eigenvalue weighted by Crippen LogP contribution is -2.12. The van der Waals surface area contributed by atoms with Gasteiger partial charge in [-0.1, -0.05) is 0 Å². The van der Waals surface area contributed by atoms with Crippen molar-refractivity contribution in [1.82, 2.24) is 9.78 Å². The molecular weight excluding hydrogens is 352 g/mol. The summed E-state index contributed by atoms with van der Waals surface area (Å²) in [5, 5.41) is 3.61. The Morgan fingerprint density at radius 1 is 1.50 bits per heavy atom. The van der Waals surface area contributed by atoms with E-state index >= 15 is 0 Å². The summed E-state index contributed by atoms with van der Waals surface area (Å²) in [5.74, 6) is 0. The highest BCUT2D eigenvalue weighted by molar-refractivity contribution is 14.1. The highest BCUT2D eigenvalue weighted by Gasteiger charge is 2.38. The number of hydrogen-bond donors (Lipinski definition) is 0. The topological polar surface area (TPSA) is 17.8 Å². The molecule has 2 nitrogen and oxygen atoms in total. The zero-order valence-corrected chi connectivity index (χ0v) is 9.53. The van der Waals surface area contributed by atoms with Crippen LogP contribution in [0.1, 0.15) is 5.69 Å². The van der Waals surface area contributed by atoms with Crippen LogP contribution < -0.4 is 0 Å². The molecule has 0 saturated carbocycles. The molecule has 7 heteroatoms. The van der Waals surface area contributed by atoms with Gasteiger partial charge in [-0.2, -0.15) is 18.3 Å². The Hall–Kier alpha value is 0.210. The SMILES string of the molecule is Cn1nc(I)c(Br)c1C(F)(F)F. The molecule has 68 valence electrons.